The van der Waals surface area contributed by atoms with Crippen molar-refractivity contribution in [2.24, 2.45) is 0 Å². The summed E-state index contributed by atoms with van der Waals surface area (Å²) in [6, 6.07) is 0.799. The summed E-state index contributed by atoms with van der Waals surface area (Å²) in [5.74, 6) is -3.27. The Morgan fingerprint density at radius 2 is 1.47 bits per heavy atom. The molecule has 10 nitrogen and oxygen atoms in total. The van der Waals surface area contributed by atoms with Gasteiger partial charge in [-0.05, 0) is 17.7 Å². The number of carbonyl (C=O) groups excluding carboxylic acids is 4. The van der Waals surface area contributed by atoms with Crippen molar-refractivity contribution in [1.82, 2.24) is 16.0 Å². The quantitative estimate of drug-likeness (QED) is 0.137. The summed E-state index contributed by atoms with van der Waals surface area (Å²) in [5, 5.41) is 26.3. The lowest BCUT2D eigenvalue weighted by Gasteiger charge is -2.23. The van der Waals surface area contributed by atoms with Crippen LogP contribution in [0.1, 0.15) is 12.5 Å². The Labute approximate surface area is 184 Å². The lowest BCUT2D eigenvalue weighted by Crippen LogP contribution is -2.57. The number of hydrogen-bond donors (Lipinski definition) is 7. The van der Waals surface area contributed by atoms with Gasteiger partial charge < -0.3 is 30.9 Å². The fraction of sp³-hybridized carbons (Fsp3) is 0.444. The number of nitrogens with one attached hydrogen (secondary N) is 3. The van der Waals surface area contributed by atoms with Crippen LogP contribution in [-0.2, 0) is 30.3 Å². The van der Waals surface area contributed by atoms with Crippen LogP contribution >= 0.6 is 25.3 Å². The highest BCUT2D eigenvalue weighted by Gasteiger charge is 2.29. The molecule has 0 unspecified atom stereocenters. The van der Waals surface area contributed by atoms with Crippen molar-refractivity contribution in [1.29, 1.82) is 0 Å². The molecule has 12 heteroatoms. The number of phenolic OH excluding ortho intramolecular Hbond substituents is 2. The van der Waals surface area contributed by atoms with Crippen LogP contribution < -0.4 is 16.0 Å². The number of thiol groups is 2. The number of rotatable bonds is 10. The van der Waals surface area contributed by atoms with Crippen LogP contribution in [0.25, 0.3) is 0 Å². The summed E-state index contributed by atoms with van der Waals surface area (Å²) in [5.41, 5.74) is 0.452. The van der Waals surface area contributed by atoms with E-state index in [2.05, 4.69) is 41.2 Å². The molecule has 1 aromatic carbocycles. The van der Waals surface area contributed by atoms with E-state index < -0.39 is 41.8 Å². The van der Waals surface area contributed by atoms with E-state index in [0.29, 0.717) is 5.56 Å². The van der Waals surface area contributed by atoms with Crippen molar-refractivity contribution in [2.75, 3.05) is 18.6 Å². The molecular formula is C18H25N3O7S2. The maximum atomic E-state index is 12.6. The highest BCUT2D eigenvalue weighted by molar-refractivity contribution is 7.80. The van der Waals surface area contributed by atoms with E-state index in [1.807, 2.05) is 0 Å². The number of hydrogen-bond acceptors (Lipinski definition) is 9. The molecule has 0 radical (unpaired) electrons. The molecule has 0 aromatic heterocycles. The summed E-state index contributed by atoms with van der Waals surface area (Å²) in [4.78, 5) is 48.2. The van der Waals surface area contributed by atoms with Crippen LogP contribution in [-0.4, -0.2) is 70.6 Å². The maximum Gasteiger partial charge on any atom is 0.328 e. The molecular weight excluding hydrogens is 434 g/mol. The first kappa shape index (κ1) is 25.4. The first-order chi connectivity index (χ1) is 14.1. The van der Waals surface area contributed by atoms with Crippen LogP contribution in [0.4, 0.5) is 0 Å². The average molecular weight is 460 g/mol. The molecule has 0 heterocycles. The van der Waals surface area contributed by atoms with Gasteiger partial charge in [0.15, 0.2) is 11.5 Å². The monoisotopic (exact) mass is 459 g/mol. The van der Waals surface area contributed by atoms with E-state index in [9.17, 15) is 29.4 Å². The fourth-order valence-corrected chi connectivity index (χ4v) is 2.96. The van der Waals surface area contributed by atoms with Gasteiger partial charge in [0.2, 0.25) is 17.7 Å². The molecule has 0 saturated carbocycles. The molecule has 0 aliphatic rings. The van der Waals surface area contributed by atoms with Gasteiger partial charge in [0.05, 0.1) is 7.11 Å². The van der Waals surface area contributed by atoms with E-state index in [-0.39, 0.29) is 29.4 Å². The Bertz CT molecular complexity index is 791. The molecule has 30 heavy (non-hydrogen) atoms. The third-order valence-corrected chi connectivity index (χ3v) is 4.70. The van der Waals surface area contributed by atoms with Crippen LogP contribution in [0, 0.1) is 0 Å². The van der Waals surface area contributed by atoms with Gasteiger partial charge in [-0.1, -0.05) is 6.07 Å². The number of carbonyl (C=O) groups is 4. The average Bonchev–Trinajstić information content (AvgIpc) is 2.71. The molecule has 1 aromatic rings. The maximum absolute atomic E-state index is 12.6. The third kappa shape index (κ3) is 7.67. The van der Waals surface area contributed by atoms with Crippen LogP contribution in [0.3, 0.4) is 0 Å². The zero-order chi connectivity index (χ0) is 22.8. The van der Waals surface area contributed by atoms with Crippen molar-refractivity contribution < 1.29 is 34.1 Å². The van der Waals surface area contributed by atoms with Crippen molar-refractivity contribution in [3.63, 3.8) is 0 Å². The lowest BCUT2D eigenvalue weighted by molar-refractivity contribution is -0.145. The molecule has 0 saturated heterocycles. The fourth-order valence-electron chi connectivity index (χ4n) is 2.45. The van der Waals surface area contributed by atoms with Gasteiger partial charge in [0.1, 0.15) is 18.1 Å². The number of methoxy groups -OCH3 is 1. The van der Waals surface area contributed by atoms with E-state index in [1.54, 1.807) is 0 Å². The molecule has 0 spiro atoms. The van der Waals surface area contributed by atoms with Gasteiger partial charge in [-0.2, -0.15) is 25.3 Å². The second kappa shape index (κ2) is 12.2. The third-order valence-electron chi connectivity index (χ3n) is 3.97. The molecule has 0 aliphatic heterocycles. The standard InChI is InChI=1S/C18H25N3O7S2/c1-9(22)19-12(7-29)16(25)21-13(8-30)17(26)20-11(18(27)28-2)5-10-3-4-14(23)15(24)6-10/h3-4,6,11-13,23-24,29-30H,5,7-8H2,1-2H3,(H,19,22)(H,20,26)(H,21,25)/t11-,12+,13-/m0/s1. The first-order valence-electron chi connectivity index (χ1n) is 8.81. The van der Waals surface area contributed by atoms with Gasteiger partial charge in [-0.3, -0.25) is 14.4 Å². The highest BCUT2D eigenvalue weighted by atomic mass is 32.1. The number of aromatic hydroxyl groups is 2. The Balaban J connectivity index is 2.89. The molecule has 3 atom stereocenters. The summed E-state index contributed by atoms with van der Waals surface area (Å²) in [6.45, 7) is 1.24. The Morgan fingerprint density at radius 1 is 0.933 bits per heavy atom. The van der Waals surface area contributed by atoms with Crippen LogP contribution in [0.15, 0.2) is 18.2 Å². The minimum absolute atomic E-state index is 0.0153. The topological polar surface area (TPSA) is 154 Å². The molecule has 1 rings (SSSR count). The first-order valence-corrected chi connectivity index (χ1v) is 10.1. The van der Waals surface area contributed by atoms with Crippen molar-refractivity contribution in [2.45, 2.75) is 31.5 Å². The molecule has 3 amide bonds. The normalized spacial score (nSPS) is 13.5. The molecule has 0 fully saturated rings. The summed E-state index contributed by atoms with van der Waals surface area (Å²) in [6.07, 6.45) is -0.0371. The molecule has 166 valence electrons. The Hall–Kier alpha value is -2.60. The zero-order valence-electron chi connectivity index (χ0n) is 16.4. The predicted molar refractivity (Wildman–Crippen MR) is 115 cm³/mol. The Morgan fingerprint density at radius 3 is 1.93 bits per heavy atom. The zero-order valence-corrected chi connectivity index (χ0v) is 18.2. The minimum atomic E-state index is -1.12. The smallest absolute Gasteiger partial charge is 0.328 e. The second-order valence-corrected chi connectivity index (χ2v) is 7.02. The van der Waals surface area contributed by atoms with Gasteiger partial charge in [0.25, 0.3) is 0 Å². The molecule has 0 aliphatic carbocycles. The van der Waals surface area contributed by atoms with E-state index in [0.717, 1.165) is 7.11 Å². The van der Waals surface area contributed by atoms with Crippen molar-refractivity contribution in [3.05, 3.63) is 23.8 Å². The van der Waals surface area contributed by atoms with Crippen molar-refractivity contribution >= 4 is 48.9 Å². The van der Waals surface area contributed by atoms with E-state index in [4.69, 9.17) is 4.74 Å². The number of amides is 3. The summed E-state index contributed by atoms with van der Waals surface area (Å²) in [7, 11) is 1.15. The summed E-state index contributed by atoms with van der Waals surface area (Å²) < 4.78 is 4.70. The van der Waals surface area contributed by atoms with E-state index in [1.165, 1.54) is 25.1 Å². The largest absolute Gasteiger partial charge is 0.504 e. The van der Waals surface area contributed by atoms with Crippen LogP contribution in [0.5, 0.6) is 11.5 Å². The number of ether oxygens (including phenoxy) is 1. The van der Waals surface area contributed by atoms with E-state index >= 15 is 0 Å². The van der Waals surface area contributed by atoms with Gasteiger partial charge in [-0.15, -0.1) is 0 Å². The lowest BCUT2D eigenvalue weighted by atomic mass is 10.0. The van der Waals surface area contributed by atoms with Gasteiger partial charge in [-0.25, -0.2) is 4.79 Å². The van der Waals surface area contributed by atoms with Gasteiger partial charge in [0, 0.05) is 24.9 Å². The molecule has 5 N–H and O–H groups in total. The Kier molecular flexibility index (Phi) is 10.3. The minimum Gasteiger partial charge on any atom is -0.504 e. The second-order valence-electron chi connectivity index (χ2n) is 6.29. The SMILES string of the molecule is COC(=O)[C@H](Cc1ccc(O)c(O)c1)NC(=O)[C@H](CS)NC(=O)[C@@H](CS)NC(C)=O. The number of benzene rings is 1. The molecule has 0 bridgehead atoms. The van der Waals surface area contributed by atoms with Crippen LogP contribution in [0.2, 0.25) is 0 Å². The summed E-state index contributed by atoms with van der Waals surface area (Å²) >= 11 is 8.06. The van der Waals surface area contributed by atoms with Gasteiger partial charge >= 0.3 is 5.97 Å². The number of phenols is 2. The van der Waals surface area contributed by atoms with Crippen molar-refractivity contribution in [3.8, 4) is 11.5 Å². The predicted octanol–water partition coefficient (Wildman–Crippen LogP) is -0.853. The number of esters is 1. The highest BCUT2D eigenvalue weighted by Crippen LogP contribution is 2.25.